The summed E-state index contributed by atoms with van der Waals surface area (Å²) >= 11 is 6.25. The lowest BCUT2D eigenvalue weighted by atomic mass is 9.85. The lowest BCUT2D eigenvalue weighted by Gasteiger charge is -2.18. The number of benzene rings is 7. The van der Waals surface area contributed by atoms with Crippen LogP contribution in [-0.4, -0.2) is 0 Å². The van der Waals surface area contributed by atoms with Crippen molar-refractivity contribution in [3.63, 3.8) is 0 Å². The Morgan fingerprint density at radius 3 is 1.65 bits per heavy atom. The maximum atomic E-state index is 8.53. The van der Waals surface area contributed by atoms with Gasteiger partial charge in [-0.15, -0.1) is 0 Å². The van der Waals surface area contributed by atoms with E-state index in [0.29, 0.717) is 16.8 Å². The minimum absolute atomic E-state index is 0.00304. The molecular weight excluding hydrogens is 506 g/mol. The van der Waals surface area contributed by atoms with Gasteiger partial charge in [0.05, 0.1) is 4.11 Å². The molecule has 0 aliphatic carbocycles. The van der Waals surface area contributed by atoms with Crippen molar-refractivity contribution in [2.45, 2.75) is 0 Å². The highest BCUT2D eigenvalue weighted by atomic mass is 35.5. The van der Waals surface area contributed by atoms with Gasteiger partial charge in [0.25, 0.3) is 0 Å². The highest BCUT2D eigenvalue weighted by molar-refractivity contribution is 6.31. The van der Waals surface area contributed by atoms with E-state index in [4.69, 9.17) is 21.4 Å². The van der Waals surface area contributed by atoms with Crippen molar-refractivity contribution in [1.29, 1.82) is 0 Å². The van der Waals surface area contributed by atoms with E-state index in [1.807, 2.05) is 30.3 Å². The number of hydrogen-bond donors (Lipinski definition) is 1. The average molecular weight is 535 g/mol. The Balaban J connectivity index is 1.45. The number of fused-ring (bicyclic) bond motifs is 2. The second kappa shape index (κ2) is 10.0. The molecule has 2 heteroatoms. The molecule has 2 N–H and O–H groups in total. The monoisotopic (exact) mass is 534 g/mol. The maximum Gasteiger partial charge on any atom is 0.0645 e. The van der Waals surface area contributed by atoms with Crippen molar-refractivity contribution in [2.24, 2.45) is 0 Å². The summed E-state index contributed by atoms with van der Waals surface area (Å²) in [5, 5.41) is 4.68. The van der Waals surface area contributed by atoms with Crippen molar-refractivity contribution in [3.05, 3.63) is 151 Å². The normalized spacial score (nSPS) is 12.3. The van der Waals surface area contributed by atoms with Gasteiger partial charge in [-0.2, -0.15) is 0 Å². The molecule has 0 aromatic heterocycles. The SMILES string of the molecule is [2H]c1cc(-c2cccc(-c3cccc(-c4c5ccccc5c(-c5ccccc5)c5ccccc45)c3)c2N)c([2H])c(Cl)c1[2H]. The zero-order chi connectivity index (χ0) is 29.7. The van der Waals surface area contributed by atoms with E-state index in [1.54, 1.807) is 0 Å². The first-order valence-electron chi connectivity index (χ1n) is 14.7. The first-order chi connectivity index (χ1) is 20.9. The molecule has 0 amide bonds. The van der Waals surface area contributed by atoms with Crippen LogP contribution in [0.4, 0.5) is 5.69 Å². The fourth-order valence-corrected chi connectivity index (χ4v) is 5.91. The molecule has 0 saturated heterocycles. The van der Waals surface area contributed by atoms with Crippen LogP contribution in [0.5, 0.6) is 0 Å². The number of nitrogens with two attached hydrogens (primary N) is 1. The Morgan fingerprint density at radius 2 is 1.00 bits per heavy atom. The smallest absolute Gasteiger partial charge is 0.0645 e. The van der Waals surface area contributed by atoms with Crippen molar-refractivity contribution in [1.82, 2.24) is 0 Å². The Kier molecular flexibility index (Phi) is 5.28. The second-order valence-electron chi connectivity index (χ2n) is 9.82. The molecule has 0 heterocycles. The summed E-state index contributed by atoms with van der Waals surface area (Å²) in [5.41, 5.74) is 14.7. The molecule has 0 unspecified atom stereocenters. The van der Waals surface area contributed by atoms with E-state index in [1.165, 1.54) is 38.7 Å². The van der Waals surface area contributed by atoms with Gasteiger partial charge < -0.3 is 5.73 Å². The van der Waals surface area contributed by atoms with Crippen molar-refractivity contribution in [3.8, 4) is 44.5 Å². The van der Waals surface area contributed by atoms with Gasteiger partial charge in [0.2, 0.25) is 0 Å². The average Bonchev–Trinajstić information content (AvgIpc) is 3.05. The molecule has 7 aromatic rings. The third-order valence-corrected chi connectivity index (χ3v) is 7.68. The summed E-state index contributed by atoms with van der Waals surface area (Å²) in [6, 6.07) is 43.1. The molecule has 0 fully saturated rings. The van der Waals surface area contributed by atoms with Crippen LogP contribution in [0.3, 0.4) is 0 Å². The van der Waals surface area contributed by atoms with E-state index in [9.17, 15) is 0 Å². The van der Waals surface area contributed by atoms with E-state index in [-0.39, 0.29) is 23.1 Å². The fourth-order valence-electron chi connectivity index (χ4n) is 5.75. The number of hydrogen-bond acceptors (Lipinski definition) is 1. The maximum absolute atomic E-state index is 8.53. The van der Waals surface area contributed by atoms with E-state index in [0.717, 1.165) is 22.3 Å². The van der Waals surface area contributed by atoms with Gasteiger partial charge >= 0.3 is 0 Å². The summed E-state index contributed by atoms with van der Waals surface area (Å²) in [6.07, 6.45) is 0. The van der Waals surface area contributed by atoms with E-state index in [2.05, 4.69) is 91.0 Å². The summed E-state index contributed by atoms with van der Waals surface area (Å²) < 4.78 is 24.7. The van der Waals surface area contributed by atoms with Crippen LogP contribution in [0.15, 0.2) is 146 Å². The lowest BCUT2D eigenvalue weighted by molar-refractivity contribution is 1.58. The number of rotatable bonds is 4. The summed E-state index contributed by atoms with van der Waals surface area (Å²) in [4.78, 5) is 0. The van der Waals surface area contributed by atoms with Crippen LogP contribution in [0.2, 0.25) is 5.02 Å². The minimum atomic E-state index is -0.157. The molecule has 0 radical (unpaired) electrons. The minimum Gasteiger partial charge on any atom is -0.398 e. The predicted molar refractivity (Wildman–Crippen MR) is 173 cm³/mol. The van der Waals surface area contributed by atoms with E-state index >= 15 is 0 Å². The molecule has 0 aliphatic rings. The topological polar surface area (TPSA) is 26.0 Å². The predicted octanol–water partition coefficient (Wildman–Crippen LogP) is 10.9. The van der Waals surface area contributed by atoms with Gasteiger partial charge in [-0.05, 0) is 73.1 Å². The van der Waals surface area contributed by atoms with Crippen LogP contribution in [0, 0.1) is 0 Å². The number of nitrogen functional groups attached to an aromatic ring is 1. The molecule has 0 saturated carbocycles. The van der Waals surface area contributed by atoms with Crippen LogP contribution in [-0.2, 0) is 0 Å². The molecule has 0 atom stereocenters. The molecular formula is C38H26ClN. The van der Waals surface area contributed by atoms with Crippen LogP contribution in [0.25, 0.3) is 66.1 Å². The first kappa shape index (κ1) is 21.0. The van der Waals surface area contributed by atoms with Gasteiger partial charge in [-0.25, -0.2) is 0 Å². The molecule has 190 valence electrons. The molecule has 7 aromatic carbocycles. The summed E-state index contributed by atoms with van der Waals surface area (Å²) in [5.74, 6) is 0. The van der Waals surface area contributed by atoms with Crippen molar-refractivity contribution < 1.29 is 4.11 Å². The quantitative estimate of drug-likeness (QED) is 0.176. The number of anilines is 1. The van der Waals surface area contributed by atoms with Gasteiger partial charge in [0.15, 0.2) is 0 Å². The van der Waals surface area contributed by atoms with Crippen molar-refractivity contribution >= 4 is 38.8 Å². The summed E-state index contributed by atoms with van der Waals surface area (Å²) in [7, 11) is 0. The third kappa shape index (κ3) is 4.12. The Labute approximate surface area is 243 Å². The Bertz CT molecular complexity index is 2130. The number of para-hydroxylation sites is 1. The lowest BCUT2D eigenvalue weighted by Crippen LogP contribution is -1.95. The Morgan fingerprint density at radius 1 is 0.500 bits per heavy atom. The van der Waals surface area contributed by atoms with Crippen LogP contribution >= 0.6 is 11.6 Å². The zero-order valence-electron chi connectivity index (χ0n) is 24.6. The molecule has 0 aliphatic heterocycles. The van der Waals surface area contributed by atoms with E-state index < -0.39 is 0 Å². The fraction of sp³-hybridized carbons (Fsp3) is 0. The van der Waals surface area contributed by atoms with Crippen molar-refractivity contribution in [2.75, 3.05) is 5.73 Å². The van der Waals surface area contributed by atoms with Gasteiger partial charge in [-0.1, -0.05) is 139 Å². The summed E-state index contributed by atoms with van der Waals surface area (Å²) in [6.45, 7) is 0. The number of halogens is 1. The third-order valence-electron chi connectivity index (χ3n) is 7.50. The van der Waals surface area contributed by atoms with Gasteiger partial charge in [0.1, 0.15) is 0 Å². The zero-order valence-corrected chi connectivity index (χ0v) is 22.3. The first-order valence-corrected chi connectivity index (χ1v) is 13.6. The standard InChI is InChI=1S/C38H26ClN/c39-29-16-9-14-27(24-29)31-22-10-21-30(38(31)40)26-13-8-15-28(23-26)37-34-19-6-4-17-32(34)36(25-11-2-1-3-12-25)33-18-5-7-20-35(33)37/h1-24H,40H2/i9D,16D,24D. The van der Waals surface area contributed by atoms with Crippen LogP contribution < -0.4 is 5.73 Å². The molecule has 0 bridgehead atoms. The van der Waals surface area contributed by atoms with Crippen LogP contribution in [0.1, 0.15) is 4.11 Å². The molecule has 0 spiro atoms. The van der Waals surface area contributed by atoms with Gasteiger partial charge in [-0.3, -0.25) is 0 Å². The highest BCUT2D eigenvalue weighted by Crippen LogP contribution is 2.44. The highest BCUT2D eigenvalue weighted by Gasteiger charge is 2.17. The van der Waals surface area contributed by atoms with Gasteiger partial charge in [0, 0.05) is 21.8 Å². The molecule has 7 rings (SSSR count). The molecule has 1 nitrogen and oxygen atoms in total. The second-order valence-corrected chi connectivity index (χ2v) is 10.2. The largest absolute Gasteiger partial charge is 0.398 e. The molecule has 40 heavy (non-hydrogen) atoms. The Hall–Kier alpha value is -4.85.